The first-order valence-corrected chi connectivity index (χ1v) is 4.53. The lowest BCUT2D eigenvalue weighted by Crippen LogP contribution is -2.45. The molecule has 0 aromatic rings. The van der Waals surface area contributed by atoms with E-state index < -0.39 is 31.3 Å². The predicted molar refractivity (Wildman–Crippen MR) is 49.2 cm³/mol. The molecule has 1 atom stereocenters. The van der Waals surface area contributed by atoms with Crippen molar-refractivity contribution in [1.82, 2.24) is 0 Å². The Hall–Kier alpha value is -0.160. The third-order valence-corrected chi connectivity index (χ3v) is 2.35. The number of rotatable bonds is 6. The van der Waals surface area contributed by atoms with Crippen LogP contribution in [0.3, 0.4) is 0 Å². The molecular weight excluding hydrogens is 172 g/mol. The molecule has 0 rings (SSSR count). The molecule has 0 heterocycles. The largest absolute Gasteiger partial charge is 0.396 e. The van der Waals surface area contributed by atoms with Crippen LogP contribution in [0.4, 0.5) is 0 Å². The lowest BCUT2D eigenvalue weighted by Gasteiger charge is -2.33. The van der Waals surface area contributed by atoms with Crippen molar-refractivity contribution in [3.63, 3.8) is 0 Å². The van der Waals surface area contributed by atoms with Gasteiger partial charge in [0.05, 0.1) is 31.3 Å². The molecule has 4 nitrogen and oxygen atoms in total. The molecule has 0 bridgehead atoms. The fourth-order valence-corrected chi connectivity index (χ4v) is 1.16. The average Bonchev–Trinajstić information content (AvgIpc) is 2.07. The smallest absolute Gasteiger partial charge is 0.0665 e. The van der Waals surface area contributed by atoms with Crippen molar-refractivity contribution >= 4 is 0 Å². The molecule has 0 aliphatic carbocycles. The van der Waals surface area contributed by atoms with Gasteiger partial charge in [-0.2, -0.15) is 0 Å². The third kappa shape index (κ3) is 3.23. The Morgan fingerprint density at radius 1 is 1.00 bits per heavy atom. The number of hydrogen-bond donors (Lipinski definition) is 4. The van der Waals surface area contributed by atoms with Crippen molar-refractivity contribution < 1.29 is 20.4 Å². The van der Waals surface area contributed by atoms with Crippen molar-refractivity contribution in [2.75, 3.05) is 19.8 Å². The van der Waals surface area contributed by atoms with Crippen LogP contribution in [0.2, 0.25) is 0 Å². The van der Waals surface area contributed by atoms with Crippen molar-refractivity contribution in [3.05, 3.63) is 0 Å². The van der Waals surface area contributed by atoms with Crippen LogP contribution in [0.25, 0.3) is 0 Å². The lowest BCUT2D eigenvalue weighted by molar-refractivity contribution is -0.0894. The highest BCUT2D eigenvalue weighted by Gasteiger charge is 2.36. The maximum absolute atomic E-state index is 9.65. The van der Waals surface area contributed by atoms with Crippen LogP contribution in [0.1, 0.15) is 20.3 Å². The van der Waals surface area contributed by atoms with Gasteiger partial charge in [0, 0.05) is 0 Å². The van der Waals surface area contributed by atoms with Gasteiger partial charge < -0.3 is 20.4 Å². The number of hydrogen-bond acceptors (Lipinski definition) is 4. The highest BCUT2D eigenvalue weighted by molar-refractivity contribution is 4.85. The molecule has 0 aromatic heterocycles. The van der Waals surface area contributed by atoms with Gasteiger partial charge in [-0.05, 0) is 12.3 Å². The second-order valence-electron chi connectivity index (χ2n) is 3.98. The molecule has 0 radical (unpaired) electrons. The molecular formula is C9H20O4. The molecule has 0 saturated carbocycles. The Balaban J connectivity index is 4.34. The van der Waals surface area contributed by atoms with E-state index in [-0.39, 0.29) is 5.92 Å². The fraction of sp³-hybridized carbons (Fsp3) is 1.00. The van der Waals surface area contributed by atoms with E-state index >= 15 is 0 Å². The Labute approximate surface area is 78.8 Å². The molecule has 0 aliphatic heterocycles. The zero-order valence-electron chi connectivity index (χ0n) is 8.27. The number of aliphatic hydroxyl groups excluding tert-OH is 4. The lowest BCUT2D eigenvalue weighted by atomic mass is 9.81. The summed E-state index contributed by atoms with van der Waals surface area (Å²) in [5, 5.41) is 36.6. The van der Waals surface area contributed by atoms with Crippen LogP contribution in [-0.2, 0) is 0 Å². The molecule has 1 unspecified atom stereocenters. The van der Waals surface area contributed by atoms with Gasteiger partial charge in [0.25, 0.3) is 0 Å². The zero-order chi connectivity index (χ0) is 10.5. The van der Waals surface area contributed by atoms with Gasteiger partial charge in [0.2, 0.25) is 0 Å². The van der Waals surface area contributed by atoms with E-state index in [1.807, 2.05) is 13.8 Å². The second kappa shape index (κ2) is 5.54. The van der Waals surface area contributed by atoms with Gasteiger partial charge in [-0.25, -0.2) is 0 Å². The highest BCUT2D eigenvalue weighted by Crippen LogP contribution is 2.25. The minimum Gasteiger partial charge on any atom is -0.396 e. The van der Waals surface area contributed by atoms with Gasteiger partial charge >= 0.3 is 0 Å². The standard InChI is InChI=1S/C9H20O4/c1-7(2)3-8(13)9(4-10,5-11)6-12/h7-8,10-13H,3-6H2,1-2H3. The molecule has 80 valence electrons. The van der Waals surface area contributed by atoms with E-state index in [0.717, 1.165) is 0 Å². The molecule has 4 N–H and O–H groups in total. The molecule has 4 heteroatoms. The monoisotopic (exact) mass is 192 g/mol. The molecule has 0 aliphatic rings. The third-order valence-electron chi connectivity index (χ3n) is 2.35. The summed E-state index contributed by atoms with van der Waals surface area (Å²) in [5.41, 5.74) is -1.16. The van der Waals surface area contributed by atoms with E-state index in [0.29, 0.717) is 6.42 Å². The maximum Gasteiger partial charge on any atom is 0.0665 e. The Bertz CT molecular complexity index is 123. The highest BCUT2D eigenvalue weighted by atomic mass is 16.3. The van der Waals surface area contributed by atoms with E-state index in [1.54, 1.807) is 0 Å². The summed E-state index contributed by atoms with van der Waals surface area (Å²) >= 11 is 0. The molecule has 0 amide bonds. The van der Waals surface area contributed by atoms with Crippen LogP contribution < -0.4 is 0 Å². The maximum atomic E-state index is 9.65. The van der Waals surface area contributed by atoms with Gasteiger partial charge in [-0.3, -0.25) is 0 Å². The van der Waals surface area contributed by atoms with Crippen LogP contribution in [-0.4, -0.2) is 46.4 Å². The first-order chi connectivity index (χ1) is 6.02. The van der Waals surface area contributed by atoms with E-state index in [9.17, 15) is 5.11 Å². The van der Waals surface area contributed by atoms with Crippen LogP contribution in [0.15, 0.2) is 0 Å². The van der Waals surface area contributed by atoms with Crippen molar-refractivity contribution in [2.45, 2.75) is 26.4 Å². The molecule has 13 heavy (non-hydrogen) atoms. The fourth-order valence-electron chi connectivity index (χ4n) is 1.16. The predicted octanol–water partition coefficient (Wildman–Crippen LogP) is -0.643. The van der Waals surface area contributed by atoms with Crippen molar-refractivity contribution in [3.8, 4) is 0 Å². The van der Waals surface area contributed by atoms with Gasteiger partial charge in [-0.1, -0.05) is 13.8 Å². The van der Waals surface area contributed by atoms with E-state index in [1.165, 1.54) is 0 Å². The topological polar surface area (TPSA) is 80.9 Å². The Kier molecular flexibility index (Phi) is 5.48. The van der Waals surface area contributed by atoms with Crippen molar-refractivity contribution in [1.29, 1.82) is 0 Å². The summed E-state index contributed by atoms with van der Waals surface area (Å²) < 4.78 is 0. The minimum atomic E-state index is -1.16. The second-order valence-corrected chi connectivity index (χ2v) is 3.98. The summed E-state index contributed by atoms with van der Waals surface area (Å²) in [6.45, 7) is 2.63. The molecule has 0 saturated heterocycles. The summed E-state index contributed by atoms with van der Waals surface area (Å²) in [6.07, 6.45) is -0.408. The average molecular weight is 192 g/mol. The SMILES string of the molecule is CC(C)CC(O)C(CO)(CO)CO. The zero-order valence-corrected chi connectivity index (χ0v) is 8.27. The first-order valence-electron chi connectivity index (χ1n) is 4.53. The van der Waals surface area contributed by atoms with Crippen LogP contribution >= 0.6 is 0 Å². The summed E-state index contributed by atoms with van der Waals surface area (Å²) in [4.78, 5) is 0. The van der Waals surface area contributed by atoms with Crippen LogP contribution in [0, 0.1) is 11.3 Å². The number of aliphatic hydroxyl groups is 4. The van der Waals surface area contributed by atoms with E-state index in [4.69, 9.17) is 15.3 Å². The van der Waals surface area contributed by atoms with Gasteiger partial charge in [0.15, 0.2) is 0 Å². The van der Waals surface area contributed by atoms with Crippen molar-refractivity contribution in [2.24, 2.45) is 11.3 Å². The van der Waals surface area contributed by atoms with Crippen LogP contribution in [0.5, 0.6) is 0 Å². The normalized spacial score (nSPS) is 15.0. The quantitative estimate of drug-likeness (QED) is 0.451. The Morgan fingerprint density at radius 3 is 1.62 bits per heavy atom. The van der Waals surface area contributed by atoms with E-state index in [2.05, 4.69) is 0 Å². The Morgan fingerprint density at radius 2 is 1.38 bits per heavy atom. The molecule has 0 fully saturated rings. The minimum absolute atomic E-state index is 0.263. The molecule has 0 spiro atoms. The summed E-state index contributed by atoms with van der Waals surface area (Å²) in [6, 6.07) is 0. The van der Waals surface area contributed by atoms with Gasteiger partial charge in [-0.15, -0.1) is 0 Å². The summed E-state index contributed by atoms with van der Waals surface area (Å²) in [7, 11) is 0. The first kappa shape index (κ1) is 12.8. The summed E-state index contributed by atoms with van der Waals surface area (Å²) in [5.74, 6) is 0.263. The van der Waals surface area contributed by atoms with Gasteiger partial charge in [0.1, 0.15) is 0 Å². The molecule has 0 aromatic carbocycles.